The molecule has 3 aromatic rings. The number of nitrogens with one attached hydrogen (secondary N) is 1. The highest BCUT2D eigenvalue weighted by molar-refractivity contribution is 14.1. The van der Waals surface area contributed by atoms with E-state index in [4.69, 9.17) is 5.73 Å². The molecule has 0 spiro atoms. The summed E-state index contributed by atoms with van der Waals surface area (Å²) in [6, 6.07) is 16.2. The van der Waals surface area contributed by atoms with Crippen LogP contribution in [0.25, 0.3) is 10.9 Å². The van der Waals surface area contributed by atoms with Gasteiger partial charge in [0.05, 0.1) is 23.1 Å². The maximum Gasteiger partial charge on any atom is 0.0746 e. The molecule has 0 saturated heterocycles. The highest BCUT2D eigenvalue weighted by atomic mass is 127. The van der Waals surface area contributed by atoms with Gasteiger partial charge in [0.25, 0.3) is 0 Å². The zero-order valence-corrected chi connectivity index (χ0v) is 12.3. The number of pyridine rings is 1. The van der Waals surface area contributed by atoms with E-state index in [0.717, 1.165) is 22.3 Å². The third-order valence-electron chi connectivity index (χ3n) is 2.92. The average molecular weight is 361 g/mol. The highest BCUT2D eigenvalue weighted by Gasteiger charge is 2.06. The lowest BCUT2D eigenvalue weighted by Gasteiger charge is -2.12. The van der Waals surface area contributed by atoms with Crippen LogP contribution < -0.4 is 11.1 Å². The van der Waals surface area contributed by atoms with Crippen molar-refractivity contribution in [1.82, 2.24) is 4.98 Å². The zero-order chi connectivity index (χ0) is 13.2. The summed E-state index contributed by atoms with van der Waals surface area (Å²) in [5.74, 6) is 0. The molecule has 0 radical (unpaired) electrons. The summed E-state index contributed by atoms with van der Waals surface area (Å²) < 4.78 is 1.20. The number of hydrogen-bond acceptors (Lipinski definition) is 3. The van der Waals surface area contributed by atoms with Gasteiger partial charge in [0.1, 0.15) is 0 Å². The van der Waals surface area contributed by atoms with E-state index in [1.807, 2.05) is 36.4 Å². The van der Waals surface area contributed by atoms with Gasteiger partial charge < -0.3 is 11.1 Å². The number of anilines is 3. The number of rotatable bonds is 2. The van der Waals surface area contributed by atoms with Crippen molar-refractivity contribution < 1.29 is 0 Å². The summed E-state index contributed by atoms with van der Waals surface area (Å²) in [5, 5.41) is 4.40. The Morgan fingerprint density at radius 1 is 1.00 bits per heavy atom. The van der Waals surface area contributed by atoms with E-state index in [0.29, 0.717) is 5.69 Å². The van der Waals surface area contributed by atoms with Gasteiger partial charge in [-0.25, -0.2) is 0 Å². The lowest BCUT2D eigenvalue weighted by atomic mass is 10.1. The van der Waals surface area contributed by atoms with Gasteiger partial charge in [0.2, 0.25) is 0 Å². The third-order valence-corrected chi connectivity index (χ3v) is 3.64. The van der Waals surface area contributed by atoms with Gasteiger partial charge in [-0.15, -0.1) is 0 Å². The van der Waals surface area contributed by atoms with Crippen molar-refractivity contribution in [1.29, 1.82) is 0 Å². The maximum absolute atomic E-state index is 6.04. The minimum absolute atomic E-state index is 0.650. The molecule has 3 rings (SSSR count). The molecule has 0 fully saturated rings. The smallest absolute Gasteiger partial charge is 0.0746 e. The normalized spacial score (nSPS) is 10.6. The van der Waals surface area contributed by atoms with Gasteiger partial charge in [0, 0.05) is 14.6 Å². The van der Waals surface area contributed by atoms with Crippen LogP contribution in [0.3, 0.4) is 0 Å². The van der Waals surface area contributed by atoms with E-state index in [9.17, 15) is 0 Å². The molecule has 2 aromatic carbocycles. The third kappa shape index (κ3) is 2.49. The summed E-state index contributed by atoms with van der Waals surface area (Å²) >= 11 is 2.29. The molecule has 1 aromatic heterocycles. The maximum atomic E-state index is 6.04. The first kappa shape index (κ1) is 12.2. The molecule has 0 atom stereocenters. The van der Waals surface area contributed by atoms with E-state index in [2.05, 4.69) is 45.0 Å². The van der Waals surface area contributed by atoms with Crippen LogP contribution in [0.2, 0.25) is 0 Å². The summed E-state index contributed by atoms with van der Waals surface area (Å²) in [5.41, 5.74) is 9.55. The van der Waals surface area contributed by atoms with Gasteiger partial charge in [-0.3, -0.25) is 4.98 Å². The molecular formula is C15H12IN3. The first-order chi connectivity index (χ1) is 9.24. The molecule has 0 aliphatic heterocycles. The minimum Gasteiger partial charge on any atom is -0.396 e. The van der Waals surface area contributed by atoms with Crippen molar-refractivity contribution in [3.63, 3.8) is 0 Å². The number of benzene rings is 2. The fourth-order valence-electron chi connectivity index (χ4n) is 1.97. The van der Waals surface area contributed by atoms with Gasteiger partial charge in [0.15, 0.2) is 0 Å². The van der Waals surface area contributed by atoms with Crippen LogP contribution in [0.5, 0.6) is 0 Å². The number of nitrogens with zero attached hydrogens (tertiary/aromatic N) is 1. The van der Waals surface area contributed by atoms with E-state index in [1.54, 1.807) is 6.20 Å². The molecule has 0 saturated carbocycles. The van der Waals surface area contributed by atoms with Crippen molar-refractivity contribution in [3.05, 3.63) is 58.3 Å². The fraction of sp³-hybridized carbons (Fsp3) is 0. The summed E-state index contributed by atoms with van der Waals surface area (Å²) in [6.45, 7) is 0. The van der Waals surface area contributed by atoms with Crippen molar-refractivity contribution >= 4 is 50.6 Å². The van der Waals surface area contributed by atoms with E-state index < -0.39 is 0 Å². The van der Waals surface area contributed by atoms with Gasteiger partial charge in [-0.2, -0.15) is 0 Å². The Morgan fingerprint density at radius 3 is 2.53 bits per heavy atom. The molecule has 0 bridgehead atoms. The molecule has 3 N–H and O–H groups in total. The zero-order valence-electron chi connectivity index (χ0n) is 10.1. The number of nitrogen functional groups attached to an aromatic ring is 1. The number of hydrogen-bond donors (Lipinski definition) is 2. The Balaban J connectivity index is 2.09. The van der Waals surface area contributed by atoms with Gasteiger partial charge in [-0.05, 0) is 52.9 Å². The second-order valence-corrected chi connectivity index (χ2v) is 5.48. The lowest BCUT2D eigenvalue weighted by Crippen LogP contribution is -1.98. The fourth-order valence-corrected chi connectivity index (χ4v) is 2.33. The molecule has 0 unspecified atom stereocenters. The van der Waals surface area contributed by atoms with Crippen LogP contribution in [0.15, 0.2) is 54.7 Å². The summed E-state index contributed by atoms with van der Waals surface area (Å²) in [7, 11) is 0. The van der Waals surface area contributed by atoms with Crippen LogP contribution >= 0.6 is 22.6 Å². The van der Waals surface area contributed by atoms with E-state index >= 15 is 0 Å². The van der Waals surface area contributed by atoms with Crippen LogP contribution in [0.1, 0.15) is 0 Å². The summed E-state index contributed by atoms with van der Waals surface area (Å²) in [4.78, 5) is 4.33. The SMILES string of the molecule is Nc1cnc2ccccc2c1Nc1ccc(I)cc1. The van der Waals surface area contributed by atoms with Gasteiger partial charge >= 0.3 is 0 Å². The Kier molecular flexibility index (Phi) is 3.25. The predicted octanol–water partition coefficient (Wildman–Crippen LogP) is 4.17. The van der Waals surface area contributed by atoms with Crippen LogP contribution in [-0.2, 0) is 0 Å². The monoisotopic (exact) mass is 361 g/mol. The second-order valence-electron chi connectivity index (χ2n) is 4.24. The van der Waals surface area contributed by atoms with Crippen LogP contribution in [0, 0.1) is 3.57 Å². The largest absolute Gasteiger partial charge is 0.396 e. The first-order valence-electron chi connectivity index (χ1n) is 5.90. The van der Waals surface area contributed by atoms with E-state index in [-0.39, 0.29) is 0 Å². The van der Waals surface area contributed by atoms with Crippen LogP contribution in [0.4, 0.5) is 17.1 Å². The molecule has 94 valence electrons. The van der Waals surface area contributed by atoms with Crippen LogP contribution in [-0.4, -0.2) is 4.98 Å². The Labute approximate surface area is 125 Å². The standard InChI is InChI=1S/C15H12IN3/c16-10-5-7-11(8-6-10)19-15-12-3-1-2-4-14(12)18-9-13(15)17/h1-9H,17H2,(H,18,19). The van der Waals surface area contributed by atoms with E-state index in [1.165, 1.54) is 3.57 Å². The molecule has 1 heterocycles. The van der Waals surface area contributed by atoms with Crippen molar-refractivity contribution in [2.24, 2.45) is 0 Å². The van der Waals surface area contributed by atoms with Gasteiger partial charge in [-0.1, -0.05) is 18.2 Å². The lowest BCUT2D eigenvalue weighted by molar-refractivity contribution is 1.40. The van der Waals surface area contributed by atoms with Crippen molar-refractivity contribution in [3.8, 4) is 0 Å². The highest BCUT2D eigenvalue weighted by Crippen LogP contribution is 2.30. The number of halogens is 1. The molecular weight excluding hydrogens is 349 g/mol. The predicted molar refractivity (Wildman–Crippen MR) is 88.6 cm³/mol. The molecule has 0 aliphatic carbocycles. The van der Waals surface area contributed by atoms with Crippen molar-refractivity contribution in [2.45, 2.75) is 0 Å². The molecule has 0 aliphatic rings. The number of fused-ring (bicyclic) bond motifs is 1. The van der Waals surface area contributed by atoms with Crippen molar-refractivity contribution in [2.75, 3.05) is 11.1 Å². The number of nitrogens with two attached hydrogens (primary N) is 1. The Morgan fingerprint density at radius 2 is 1.74 bits per heavy atom. The molecule has 0 amide bonds. The average Bonchev–Trinajstić information content (AvgIpc) is 2.44. The molecule has 3 nitrogen and oxygen atoms in total. The minimum atomic E-state index is 0.650. The topological polar surface area (TPSA) is 50.9 Å². The molecule has 4 heteroatoms. The molecule has 19 heavy (non-hydrogen) atoms. The number of aromatic nitrogens is 1. The quantitative estimate of drug-likeness (QED) is 0.674. The Hall–Kier alpha value is -1.82. The Bertz CT molecular complexity index is 723. The first-order valence-corrected chi connectivity index (χ1v) is 6.98. The number of para-hydroxylation sites is 1. The second kappa shape index (κ2) is 5.05. The summed E-state index contributed by atoms with van der Waals surface area (Å²) in [6.07, 6.45) is 1.69.